The first-order chi connectivity index (χ1) is 14.2. The zero-order valence-electron chi connectivity index (χ0n) is 17.1. The lowest BCUT2D eigenvalue weighted by Gasteiger charge is -2.35. The Balaban J connectivity index is 1.32. The molecule has 8 nitrogen and oxygen atoms in total. The molecule has 0 radical (unpaired) electrons. The van der Waals surface area contributed by atoms with Crippen LogP contribution in [0.3, 0.4) is 0 Å². The Morgan fingerprint density at radius 3 is 2.62 bits per heavy atom. The molecule has 0 bridgehead atoms. The maximum absolute atomic E-state index is 12.5. The molecule has 3 rings (SSSR count). The molecular weight excluding hydrogens is 386 g/mol. The van der Waals surface area contributed by atoms with E-state index >= 15 is 0 Å². The second-order valence-electron chi connectivity index (χ2n) is 6.85. The number of aromatic nitrogens is 2. The fourth-order valence-electron chi connectivity index (χ4n) is 3.20. The van der Waals surface area contributed by atoms with Crippen molar-refractivity contribution < 1.29 is 4.79 Å². The highest BCUT2D eigenvalue weighted by molar-refractivity contribution is 7.11. The average Bonchev–Trinajstić information content (AvgIpc) is 3.18. The number of nitrogens with one attached hydrogen (secondary N) is 2. The smallest absolute Gasteiger partial charge is 0.224 e. The van der Waals surface area contributed by atoms with Crippen molar-refractivity contribution in [3.63, 3.8) is 0 Å². The number of rotatable bonds is 7. The number of amides is 1. The number of nitrogens with zero attached hydrogens (tertiary/aromatic N) is 5. The van der Waals surface area contributed by atoms with Gasteiger partial charge in [-0.15, -0.1) is 11.3 Å². The molecule has 3 heterocycles. The number of hydrogen-bond donors (Lipinski definition) is 2. The summed E-state index contributed by atoms with van der Waals surface area (Å²) in [5, 5.41) is 7.61. The fraction of sp³-hybridized carbons (Fsp3) is 0.500. The van der Waals surface area contributed by atoms with E-state index in [0.717, 1.165) is 50.0 Å². The lowest BCUT2D eigenvalue weighted by atomic mass is 10.2. The first-order valence-electron chi connectivity index (χ1n) is 9.95. The van der Waals surface area contributed by atoms with Gasteiger partial charge in [-0.3, -0.25) is 9.79 Å². The molecule has 9 heteroatoms. The molecule has 0 saturated carbocycles. The van der Waals surface area contributed by atoms with E-state index in [2.05, 4.69) is 37.4 Å². The van der Waals surface area contributed by atoms with Crippen molar-refractivity contribution >= 4 is 29.0 Å². The van der Waals surface area contributed by atoms with Crippen LogP contribution in [0.4, 0.5) is 5.82 Å². The van der Waals surface area contributed by atoms with Crippen molar-refractivity contribution in [2.75, 3.05) is 51.2 Å². The number of hydrogen-bond acceptors (Lipinski definition) is 6. The summed E-state index contributed by atoms with van der Waals surface area (Å²) >= 11 is 1.71. The minimum Gasteiger partial charge on any atom is -0.356 e. The lowest BCUT2D eigenvalue weighted by Crippen LogP contribution is -2.49. The van der Waals surface area contributed by atoms with Crippen LogP contribution in [-0.4, -0.2) is 73.1 Å². The van der Waals surface area contributed by atoms with Gasteiger partial charge < -0.3 is 20.4 Å². The van der Waals surface area contributed by atoms with Gasteiger partial charge in [0, 0.05) is 76.4 Å². The molecule has 2 aromatic rings. The van der Waals surface area contributed by atoms with Crippen molar-refractivity contribution in [1.29, 1.82) is 0 Å². The molecule has 2 N–H and O–H groups in total. The predicted octanol–water partition coefficient (Wildman–Crippen LogP) is 1.29. The maximum atomic E-state index is 12.5. The number of aliphatic imine (C=N–C) groups is 1. The van der Waals surface area contributed by atoms with Crippen LogP contribution in [0.5, 0.6) is 0 Å². The van der Waals surface area contributed by atoms with Gasteiger partial charge in [-0.25, -0.2) is 9.97 Å². The normalized spacial score (nSPS) is 14.8. The van der Waals surface area contributed by atoms with Crippen molar-refractivity contribution in [1.82, 2.24) is 25.5 Å². The Hall–Kier alpha value is -2.68. The summed E-state index contributed by atoms with van der Waals surface area (Å²) in [4.78, 5) is 30.8. The number of pyridine rings is 1. The third-order valence-electron chi connectivity index (χ3n) is 4.76. The molecule has 156 valence electrons. The summed E-state index contributed by atoms with van der Waals surface area (Å²) in [6.45, 7) is 6.48. The van der Waals surface area contributed by atoms with Gasteiger partial charge in [-0.2, -0.15) is 0 Å². The molecule has 1 amide bonds. The van der Waals surface area contributed by atoms with Gasteiger partial charge in [-0.05, 0) is 19.1 Å². The van der Waals surface area contributed by atoms with E-state index in [4.69, 9.17) is 0 Å². The summed E-state index contributed by atoms with van der Waals surface area (Å²) in [6, 6.07) is 5.92. The summed E-state index contributed by atoms with van der Waals surface area (Å²) in [5.74, 6) is 1.86. The minimum atomic E-state index is 0.173. The first kappa shape index (κ1) is 21.0. The van der Waals surface area contributed by atoms with E-state index in [1.165, 1.54) is 4.88 Å². The van der Waals surface area contributed by atoms with Crippen LogP contribution < -0.4 is 15.5 Å². The lowest BCUT2D eigenvalue weighted by molar-refractivity contribution is -0.131. The Morgan fingerprint density at radius 1 is 1.17 bits per heavy atom. The number of anilines is 1. The van der Waals surface area contributed by atoms with Gasteiger partial charge in [-0.1, -0.05) is 6.07 Å². The summed E-state index contributed by atoms with van der Waals surface area (Å²) in [6.07, 6.45) is 5.01. The van der Waals surface area contributed by atoms with E-state index in [-0.39, 0.29) is 5.91 Å². The number of guanidine groups is 1. The predicted molar refractivity (Wildman–Crippen MR) is 118 cm³/mol. The van der Waals surface area contributed by atoms with Crippen molar-refractivity contribution in [3.05, 3.63) is 40.5 Å². The molecular formula is C20H29N7OS. The second kappa shape index (κ2) is 10.8. The number of carbonyl (C=O) groups excluding carboxylic acids is 1. The summed E-state index contributed by atoms with van der Waals surface area (Å²) in [5.41, 5.74) is 0. The van der Waals surface area contributed by atoms with Crippen LogP contribution in [0.25, 0.3) is 0 Å². The van der Waals surface area contributed by atoms with Gasteiger partial charge in [0.05, 0.1) is 5.01 Å². The Labute approximate surface area is 176 Å². The van der Waals surface area contributed by atoms with Crippen LogP contribution in [0.1, 0.15) is 16.3 Å². The van der Waals surface area contributed by atoms with E-state index in [1.54, 1.807) is 24.6 Å². The van der Waals surface area contributed by atoms with E-state index in [1.807, 2.05) is 29.3 Å². The summed E-state index contributed by atoms with van der Waals surface area (Å²) < 4.78 is 0. The van der Waals surface area contributed by atoms with E-state index in [0.29, 0.717) is 18.9 Å². The van der Waals surface area contributed by atoms with Crippen LogP contribution in [0, 0.1) is 6.92 Å². The molecule has 0 unspecified atom stereocenters. The molecule has 0 aromatic carbocycles. The first-order valence-corrected chi connectivity index (χ1v) is 10.8. The number of aryl methyl sites for hydroxylation is 1. The average molecular weight is 416 g/mol. The van der Waals surface area contributed by atoms with Gasteiger partial charge >= 0.3 is 0 Å². The molecule has 1 saturated heterocycles. The summed E-state index contributed by atoms with van der Waals surface area (Å²) in [7, 11) is 1.74. The molecule has 1 aliphatic rings. The fourth-order valence-corrected chi connectivity index (χ4v) is 3.98. The monoisotopic (exact) mass is 415 g/mol. The van der Waals surface area contributed by atoms with E-state index < -0.39 is 0 Å². The van der Waals surface area contributed by atoms with Crippen LogP contribution in [0.15, 0.2) is 35.6 Å². The number of piperazine rings is 1. The molecule has 0 spiro atoms. The maximum Gasteiger partial charge on any atom is 0.224 e. The van der Waals surface area contributed by atoms with Crippen LogP contribution >= 0.6 is 11.3 Å². The topological polar surface area (TPSA) is 85.8 Å². The SMILES string of the molecule is CN=C(NCCC(=O)N1CCN(c2ccccn2)CC1)NCCc1ncc(C)s1. The largest absolute Gasteiger partial charge is 0.356 e. The van der Waals surface area contributed by atoms with Crippen LogP contribution in [0.2, 0.25) is 0 Å². The Morgan fingerprint density at radius 2 is 1.97 bits per heavy atom. The highest BCUT2D eigenvalue weighted by Gasteiger charge is 2.21. The van der Waals surface area contributed by atoms with Gasteiger partial charge in [0.1, 0.15) is 5.82 Å². The standard InChI is InChI=1S/C20H29N7OS/c1-16-15-25-18(29-16)6-9-23-20(21-2)24-10-7-19(28)27-13-11-26(12-14-27)17-5-3-4-8-22-17/h3-5,8,15H,6-7,9-14H2,1-2H3,(H2,21,23,24). The Bertz CT molecular complexity index is 800. The molecule has 29 heavy (non-hydrogen) atoms. The molecule has 0 atom stereocenters. The van der Waals surface area contributed by atoms with Crippen LogP contribution in [-0.2, 0) is 11.2 Å². The highest BCUT2D eigenvalue weighted by atomic mass is 32.1. The number of thiazole rings is 1. The number of carbonyl (C=O) groups is 1. The Kier molecular flexibility index (Phi) is 7.80. The van der Waals surface area contributed by atoms with Gasteiger partial charge in [0.15, 0.2) is 5.96 Å². The zero-order chi connectivity index (χ0) is 20.5. The zero-order valence-corrected chi connectivity index (χ0v) is 17.9. The van der Waals surface area contributed by atoms with Crippen molar-refractivity contribution in [3.8, 4) is 0 Å². The van der Waals surface area contributed by atoms with Gasteiger partial charge in [0.2, 0.25) is 5.91 Å². The van der Waals surface area contributed by atoms with Gasteiger partial charge in [0.25, 0.3) is 0 Å². The molecule has 1 aliphatic heterocycles. The molecule has 1 fully saturated rings. The highest BCUT2D eigenvalue weighted by Crippen LogP contribution is 2.13. The third-order valence-corrected chi connectivity index (χ3v) is 5.73. The molecule has 0 aliphatic carbocycles. The second-order valence-corrected chi connectivity index (χ2v) is 8.17. The van der Waals surface area contributed by atoms with E-state index in [9.17, 15) is 4.79 Å². The quantitative estimate of drug-likeness (QED) is 0.524. The minimum absolute atomic E-state index is 0.173. The molecule has 2 aromatic heterocycles. The third kappa shape index (κ3) is 6.42. The van der Waals surface area contributed by atoms with Crippen molar-refractivity contribution in [2.24, 2.45) is 4.99 Å². The van der Waals surface area contributed by atoms with Crippen molar-refractivity contribution in [2.45, 2.75) is 19.8 Å².